The predicted molar refractivity (Wildman–Crippen MR) is 198 cm³/mol. The Morgan fingerprint density at radius 3 is 2.48 bits per heavy atom. The average Bonchev–Trinajstić information content (AvgIpc) is 3.12. The summed E-state index contributed by atoms with van der Waals surface area (Å²) >= 11 is 0. The molecule has 4 amide bonds. The lowest BCUT2D eigenvalue weighted by Gasteiger charge is -2.36. The fraction of sp³-hybridized carbons (Fsp3) is 0.525. The zero-order chi connectivity index (χ0) is 35.6. The van der Waals surface area contributed by atoms with Crippen molar-refractivity contribution in [3.8, 4) is 5.75 Å². The summed E-state index contributed by atoms with van der Waals surface area (Å²) in [7, 11) is 1.86. The molecule has 0 radical (unpaired) electrons. The Morgan fingerprint density at radius 2 is 1.70 bits per heavy atom. The fourth-order valence-corrected chi connectivity index (χ4v) is 7.10. The number of carbonyl (C=O) groups excluding carboxylic acids is 3. The molecule has 10 heteroatoms. The summed E-state index contributed by atoms with van der Waals surface area (Å²) in [6.07, 6.45) is 7.25. The highest BCUT2D eigenvalue weighted by Gasteiger charge is 2.32. The number of benzene rings is 3. The van der Waals surface area contributed by atoms with Gasteiger partial charge in [-0.15, -0.1) is 0 Å². The van der Waals surface area contributed by atoms with Crippen LogP contribution in [0, 0.1) is 11.8 Å². The molecule has 1 fully saturated rings. The summed E-state index contributed by atoms with van der Waals surface area (Å²) in [5.74, 6) is 0.189. The minimum Gasteiger partial charge on any atom is -0.490 e. The van der Waals surface area contributed by atoms with Gasteiger partial charge < -0.3 is 35.0 Å². The molecule has 0 aromatic heterocycles. The normalized spacial score (nSPS) is 21.7. The smallest absolute Gasteiger partial charge is 0.323 e. The Bertz CT molecular complexity index is 1600. The van der Waals surface area contributed by atoms with Crippen molar-refractivity contribution in [1.29, 1.82) is 0 Å². The van der Waals surface area contributed by atoms with Crippen molar-refractivity contribution in [2.45, 2.75) is 90.4 Å². The van der Waals surface area contributed by atoms with Gasteiger partial charge in [0, 0.05) is 49.7 Å². The van der Waals surface area contributed by atoms with Gasteiger partial charge in [0.1, 0.15) is 5.75 Å². The van der Waals surface area contributed by atoms with Crippen LogP contribution in [0.3, 0.4) is 0 Å². The van der Waals surface area contributed by atoms with E-state index < -0.39 is 12.1 Å². The maximum Gasteiger partial charge on any atom is 0.323 e. The highest BCUT2D eigenvalue weighted by atomic mass is 16.5. The first-order valence-corrected chi connectivity index (χ1v) is 18.3. The van der Waals surface area contributed by atoms with Crippen LogP contribution in [0.5, 0.6) is 5.75 Å². The highest BCUT2D eigenvalue weighted by molar-refractivity contribution is 6.07. The van der Waals surface area contributed by atoms with Gasteiger partial charge in [-0.05, 0) is 75.6 Å². The molecule has 270 valence electrons. The van der Waals surface area contributed by atoms with Gasteiger partial charge in [0.2, 0.25) is 5.91 Å². The average molecular weight is 687 g/mol. The van der Waals surface area contributed by atoms with Crippen LogP contribution in [0.25, 0.3) is 10.8 Å². The van der Waals surface area contributed by atoms with E-state index in [2.05, 4.69) is 10.6 Å². The molecule has 2 aliphatic rings. The van der Waals surface area contributed by atoms with Gasteiger partial charge in [-0.25, -0.2) is 4.79 Å². The number of ether oxygens (including phenoxy) is 2. The molecule has 0 bridgehead atoms. The second kappa shape index (κ2) is 17.7. The number of hydrogen-bond donors (Lipinski definition) is 3. The van der Waals surface area contributed by atoms with Crippen LogP contribution in [-0.4, -0.2) is 84.4 Å². The molecule has 0 unspecified atom stereocenters. The summed E-state index contributed by atoms with van der Waals surface area (Å²) in [4.78, 5) is 44.5. The van der Waals surface area contributed by atoms with Crippen molar-refractivity contribution in [3.05, 3.63) is 66.2 Å². The fourth-order valence-electron chi connectivity index (χ4n) is 7.10. The highest BCUT2D eigenvalue weighted by Crippen LogP contribution is 2.30. The zero-order valence-electron chi connectivity index (χ0n) is 30.0. The number of rotatable bonds is 7. The van der Waals surface area contributed by atoms with E-state index in [1.165, 1.54) is 6.42 Å². The molecule has 5 rings (SSSR count). The molecule has 1 heterocycles. The summed E-state index contributed by atoms with van der Waals surface area (Å²) in [6.45, 7) is 6.87. The van der Waals surface area contributed by atoms with Gasteiger partial charge in [0.05, 0.1) is 36.1 Å². The summed E-state index contributed by atoms with van der Waals surface area (Å²) in [6, 6.07) is 17.7. The molecule has 50 heavy (non-hydrogen) atoms. The second-order valence-electron chi connectivity index (χ2n) is 14.2. The van der Waals surface area contributed by atoms with E-state index in [0.29, 0.717) is 42.4 Å². The number of nitrogens with zero attached hydrogens (tertiary/aromatic N) is 2. The number of nitrogens with one attached hydrogen (secondary N) is 2. The van der Waals surface area contributed by atoms with Crippen molar-refractivity contribution < 1.29 is 29.0 Å². The molecule has 4 atom stereocenters. The first-order valence-electron chi connectivity index (χ1n) is 18.3. The summed E-state index contributed by atoms with van der Waals surface area (Å²) in [5, 5.41) is 18.1. The van der Waals surface area contributed by atoms with Crippen LogP contribution in [0.15, 0.2) is 60.7 Å². The number of amides is 4. The van der Waals surface area contributed by atoms with E-state index in [1.54, 1.807) is 23.1 Å². The lowest BCUT2D eigenvalue weighted by molar-refractivity contribution is -0.137. The van der Waals surface area contributed by atoms with Crippen LogP contribution in [0.2, 0.25) is 0 Å². The van der Waals surface area contributed by atoms with Crippen molar-refractivity contribution in [1.82, 2.24) is 9.80 Å². The Morgan fingerprint density at radius 1 is 0.960 bits per heavy atom. The van der Waals surface area contributed by atoms with Crippen molar-refractivity contribution in [3.63, 3.8) is 0 Å². The Labute approximate surface area is 296 Å². The molecule has 3 aromatic rings. The van der Waals surface area contributed by atoms with Gasteiger partial charge in [0.15, 0.2) is 0 Å². The quantitative estimate of drug-likeness (QED) is 0.240. The third-order valence-electron chi connectivity index (χ3n) is 10.1. The maximum atomic E-state index is 14.5. The number of fused-ring (bicyclic) bond motifs is 2. The second-order valence-corrected chi connectivity index (χ2v) is 14.2. The molecule has 1 aliphatic carbocycles. The Kier molecular flexibility index (Phi) is 13.1. The molecule has 1 saturated carbocycles. The molecule has 3 aromatic carbocycles. The van der Waals surface area contributed by atoms with E-state index >= 15 is 0 Å². The largest absolute Gasteiger partial charge is 0.490 e. The molecule has 0 spiro atoms. The lowest BCUT2D eigenvalue weighted by Crippen LogP contribution is -2.48. The van der Waals surface area contributed by atoms with Crippen LogP contribution in [0.4, 0.5) is 16.2 Å². The first kappa shape index (κ1) is 37.1. The van der Waals surface area contributed by atoms with Crippen LogP contribution >= 0.6 is 0 Å². The Hall–Kier alpha value is -4.15. The van der Waals surface area contributed by atoms with Gasteiger partial charge in [-0.3, -0.25) is 9.59 Å². The topological polar surface area (TPSA) is 120 Å². The SMILES string of the molecule is C[C@@H]1CCCCO[C@H](CN(C)C(=O)C2CCCCC2)[C@@H](C)CN([C@H](C)CO)C(=O)c2cc(NC(=O)Nc3cccc4ccccc34)ccc2O1. The maximum absolute atomic E-state index is 14.5. The van der Waals surface area contributed by atoms with Gasteiger partial charge in [-0.2, -0.15) is 0 Å². The van der Waals surface area contributed by atoms with Crippen molar-refractivity contribution in [2.75, 3.05) is 44.0 Å². The third-order valence-corrected chi connectivity index (χ3v) is 10.1. The van der Waals surface area contributed by atoms with Gasteiger partial charge in [0.25, 0.3) is 5.91 Å². The molecule has 0 saturated heterocycles. The molecular weight excluding hydrogens is 632 g/mol. The zero-order valence-corrected chi connectivity index (χ0v) is 30.0. The number of anilines is 2. The molecule has 1 aliphatic heterocycles. The van der Waals surface area contributed by atoms with Crippen LogP contribution in [-0.2, 0) is 9.53 Å². The first-order chi connectivity index (χ1) is 24.1. The summed E-state index contributed by atoms with van der Waals surface area (Å²) < 4.78 is 12.8. The van der Waals surface area contributed by atoms with E-state index in [9.17, 15) is 19.5 Å². The standard InChI is InChI=1S/C40H54N4O6/c1-27-24-44(28(2)26-45)39(47)34-23-32(41-40(48)42-35-19-12-17-30-14-8-9-18-33(30)35)20-21-36(34)50-29(3)13-10-11-22-49-37(27)25-43(4)38(46)31-15-6-5-7-16-31/h8-9,12,14,17-21,23,27-29,31,37,45H,5-7,10-11,13,15-16,22,24-26H2,1-4H3,(H2,41,42,48)/t27-,28+,29+,37+/m0/s1. The number of likely N-dealkylation sites (N-methyl/N-ethyl adjacent to an activating group) is 1. The van der Waals surface area contributed by atoms with E-state index in [-0.39, 0.29) is 42.5 Å². The number of aliphatic hydroxyl groups excluding tert-OH is 1. The van der Waals surface area contributed by atoms with Gasteiger partial charge >= 0.3 is 6.03 Å². The Balaban J connectivity index is 1.38. The molecule has 3 N–H and O–H groups in total. The summed E-state index contributed by atoms with van der Waals surface area (Å²) in [5.41, 5.74) is 1.40. The van der Waals surface area contributed by atoms with E-state index in [4.69, 9.17) is 9.47 Å². The predicted octanol–water partition coefficient (Wildman–Crippen LogP) is 7.32. The number of aliphatic hydroxyl groups is 1. The van der Waals surface area contributed by atoms with E-state index in [0.717, 1.165) is 55.7 Å². The van der Waals surface area contributed by atoms with Crippen molar-refractivity contribution >= 4 is 40.0 Å². The number of urea groups is 1. The molecular formula is C40H54N4O6. The number of carbonyl (C=O) groups is 3. The van der Waals surface area contributed by atoms with E-state index in [1.807, 2.05) is 75.2 Å². The number of hydrogen-bond acceptors (Lipinski definition) is 6. The van der Waals surface area contributed by atoms with Gasteiger partial charge in [-0.1, -0.05) is 62.6 Å². The monoisotopic (exact) mass is 686 g/mol. The third kappa shape index (κ3) is 9.54. The van der Waals surface area contributed by atoms with Crippen molar-refractivity contribution in [2.24, 2.45) is 11.8 Å². The minimum absolute atomic E-state index is 0.0602. The van der Waals surface area contributed by atoms with Crippen LogP contribution in [0.1, 0.15) is 82.5 Å². The minimum atomic E-state index is -0.503. The molecule has 10 nitrogen and oxygen atoms in total. The van der Waals surface area contributed by atoms with Crippen LogP contribution < -0.4 is 15.4 Å². The lowest BCUT2D eigenvalue weighted by atomic mass is 9.88.